The molecule has 0 aliphatic carbocycles. The summed E-state index contributed by atoms with van der Waals surface area (Å²) in [5, 5.41) is 3.34. The summed E-state index contributed by atoms with van der Waals surface area (Å²) in [6, 6.07) is 9.24. The smallest absolute Gasteiger partial charge is 0.188 e. The Hall–Kier alpha value is -0.900. The maximum absolute atomic E-state index is 6.16. The number of halogens is 1. The van der Waals surface area contributed by atoms with Crippen LogP contribution in [0, 0.1) is 0 Å². The molecule has 6 nitrogen and oxygen atoms in total. The lowest BCUT2D eigenvalue weighted by atomic mass is 10.1. The second kappa shape index (κ2) is 12.7. The number of hydrogen-bond donors (Lipinski definition) is 2. The summed E-state index contributed by atoms with van der Waals surface area (Å²) in [5.41, 5.74) is 8.81. The van der Waals surface area contributed by atoms with Crippen molar-refractivity contribution in [2.45, 2.75) is 45.8 Å². The molecule has 2 aliphatic rings. The highest BCUT2D eigenvalue weighted by Gasteiger charge is 2.22. The number of hydrogen-bond acceptors (Lipinski definition) is 4. The minimum atomic E-state index is 0. The van der Waals surface area contributed by atoms with Gasteiger partial charge in [0.25, 0.3) is 0 Å². The van der Waals surface area contributed by atoms with Gasteiger partial charge in [0.15, 0.2) is 5.96 Å². The van der Waals surface area contributed by atoms with E-state index in [0.717, 1.165) is 39.3 Å². The van der Waals surface area contributed by atoms with E-state index in [-0.39, 0.29) is 24.0 Å². The van der Waals surface area contributed by atoms with Gasteiger partial charge >= 0.3 is 0 Å². The van der Waals surface area contributed by atoms with Crippen molar-refractivity contribution in [3.8, 4) is 0 Å². The first kappa shape index (κ1) is 24.4. The van der Waals surface area contributed by atoms with Crippen LogP contribution in [0.1, 0.15) is 37.8 Å². The van der Waals surface area contributed by atoms with Crippen molar-refractivity contribution in [2.75, 3.05) is 52.4 Å². The molecule has 1 atom stereocenters. The summed E-state index contributed by atoms with van der Waals surface area (Å²) in [6.07, 6.45) is 2.54. The van der Waals surface area contributed by atoms with Crippen molar-refractivity contribution in [2.24, 2.45) is 10.7 Å². The van der Waals surface area contributed by atoms with Gasteiger partial charge in [-0.05, 0) is 43.6 Å². The zero-order chi connectivity index (χ0) is 19.8. The predicted molar refractivity (Wildman–Crippen MR) is 133 cm³/mol. The number of rotatable bonds is 8. The fourth-order valence-corrected chi connectivity index (χ4v) is 4.36. The van der Waals surface area contributed by atoms with Crippen LogP contribution < -0.4 is 11.1 Å². The Morgan fingerprint density at radius 2 is 1.72 bits per heavy atom. The molecule has 2 saturated heterocycles. The first-order chi connectivity index (χ1) is 13.7. The molecule has 2 fully saturated rings. The molecular weight excluding hydrogens is 475 g/mol. The Balaban J connectivity index is 0.00000300. The third-order valence-electron chi connectivity index (χ3n) is 6.27. The van der Waals surface area contributed by atoms with Crippen LogP contribution in [0.15, 0.2) is 29.3 Å². The van der Waals surface area contributed by atoms with Gasteiger partial charge in [-0.25, -0.2) is 4.99 Å². The van der Waals surface area contributed by atoms with E-state index in [9.17, 15) is 0 Å². The predicted octanol–water partition coefficient (Wildman–Crippen LogP) is 2.33. The van der Waals surface area contributed by atoms with Crippen molar-refractivity contribution in [3.63, 3.8) is 0 Å². The summed E-state index contributed by atoms with van der Waals surface area (Å²) >= 11 is 0. The Labute approximate surface area is 193 Å². The van der Waals surface area contributed by atoms with Gasteiger partial charge in [0.05, 0.1) is 6.54 Å². The molecule has 29 heavy (non-hydrogen) atoms. The highest BCUT2D eigenvalue weighted by atomic mass is 127. The number of likely N-dealkylation sites (tertiary alicyclic amines) is 1. The molecule has 1 aromatic carbocycles. The van der Waals surface area contributed by atoms with Crippen LogP contribution in [0.25, 0.3) is 0 Å². The SMILES string of the molecule is CCN1CCN(Cc2ccccc2CN=C(N)NCC2CCCN2CC)CC1.I. The van der Waals surface area contributed by atoms with E-state index in [2.05, 4.69) is 63.1 Å². The molecule has 164 valence electrons. The Kier molecular flexibility index (Phi) is 10.7. The van der Waals surface area contributed by atoms with Crippen molar-refractivity contribution >= 4 is 29.9 Å². The standard InChI is InChI=1S/C22H38N6.HI/c1-3-26-12-14-27(15-13-26)18-20-9-6-5-8-19(20)16-24-22(23)25-17-21-10-7-11-28(21)4-2;/h5-6,8-9,21H,3-4,7,10-18H2,1-2H3,(H3,23,24,25);1H. The normalized spacial score (nSPS) is 21.9. The molecule has 0 radical (unpaired) electrons. The minimum Gasteiger partial charge on any atom is -0.370 e. The molecule has 0 spiro atoms. The van der Waals surface area contributed by atoms with E-state index in [1.165, 1.54) is 43.6 Å². The summed E-state index contributed by atoms with van der Waals surface area (Å²) in [7, 11) is 0. The topological polar surface area (TPSA) is 60.1 Å². The fraction of sp³-hybridized carbons (Fsp3) is 0.682. The molecule has 0 amide bonds. The van der Waals surface area contributed by atoms with Crippen molar-refractivity contribution < 1.29 is 0 Å². The highest BCUT2D eigenvalue weighted by molar-refractivity contribution is 14.0. The number of piperazine rings is 1. The van der Waals surface area contributed by atoms with Crippen LogP contribution in [-0.4, -0.2) is 79.1 Å². The number of nitrogens with zero attached hydrogens (tertiary/aromatic N) is 4. The number of aliphatic imine (C=N–C) groups is 1. The fourth-order valence-electron chi connectivity index (χ4n) is 4.36. The van der Waals surface area contributed by atoms with Gasteiger partial charge in [-0.2, -0.15) is 0 Å². The number of guanidine groups is 1. The van der Waals surface area contributed by atoms with Crippen LogP contribution in [0.5, 0.6) is 0 Å². The molecule has 2 aliphatic heterocycles. The molecule has 3 rings (SSSR count). The summed E-state index contributed by atoms with van der Waals surface area (Å²) < 4.78 is 0. The second-order valence-electron chi connectivity index (χ2n) is 7.99. The van der Waals surface area contributed by atoms with Crippen LogP contribution in [-0.2, 0) is 13.1 Å². The molecule has 1 unspecified atom stereocenters. The van der Waals surface area contributed by atoms with Crippen molar-refractivity contribution in [3.05, 3.63) is 35.4 Å². The molecule has 1 aromatic rings. The Morgan fingerprint density at radius 3 is 2.41 bits per heavy atom. The van der Waals surface area contributed by atoms with Gasteiger partial charge in [0, 0.05) is 45.3 Å². The van der Waals surface area contributed by atoms with E-state index in [4.69, 9.17) is 5.73 Å². The van der Waals surface area contributed by atoms with Gasteiger partial charge < -0.3 is 16.0 Å². The number of nitrogens with two attached hydrogens (primary N) is 1. The zero-order valence-electron chi connectivity index (χ0n) is 18.1. The maximum atomic E-state index is 6.16. The monoisotopic (exact) mass is 514 g/mol. The highest BCUT2D eigenvalue weighted by Crippen LogP contribution is 2.16. The molecule has 0 bridgehead atoms. The average molecular weight is 515 g/mol. The van der Waals surface area contributed by atoms with Crippen LogP contribution >= 0.6 is 24.0 Å². The third-order valence-corrected chi connectivity index (χ3v) is 6.27. The number of nitrogens with one attached hydrogen (secondary N) is 1. The van der Waals surface area contributed by atoms with Crippen LogP contribution in [0.4, 0.5) is 0 Å². The summed E-state index contributed by atoms with van der Waals surface area (Å²) in [5.74, 6) is 0.564. The van der Waals surface area contributed by atoms with E-state index in [1.807, 2.05) is 0 Å². The number of benzene rings is 1. The van der Waals surface area contributed by atoms with E-state index < -0.39 is 0 Å². The summed E-state index contributed by atoms with van der Waals surface area (Å²) in [6.45, 7) is 15.1. The molecular formula is C22H39IN6. The lowest BCUT2D eigenvalue weighted by molar-refractivity contribution is 0.131. The second-order valence-corrected chi connectivity index (χ2v) is 7.99. The Morgan fingerprint density at radius 1 is 1.03 bits per heavy atom. The average Bonchev–Trinajstić information content (AvgIpc) is 3.20. The van der Waals surface area contributed by atoms with E-state index in [0.29, 0.717) is 18.5 Å². The first-order valence-electron chi connectivity index (χ1n) is 11.0. The lowest BCUT2D eigenvalue weighted by Crippen LogP contribution is -2.45. The molecule has 2 heterocycles. The molecule has 0 aromatic heterocycles. The van der Waals surface area contributed by atoms with Crippen LogP contribution in [0.3, 0.4) is 0 Å². The van der Waals surface area contributed by atoms with Gasteiger partial charge in [-0.3, -0.25) is 9.80 Å². The first-order valence-corrected chi connectivity index (χ1v) is 11.0. The maximum Gasteiger partial charge on any atom is 0.188 e. The summed E-state index contributed by atoms with van der Waals surface area (Å²) in [4.78, 5) is 12.2. The molecule has 3 N–H and O–H groups in total. The largest absolute Gasteiger partial charge is 0.370 e. The third kappa shape index (κ3) is 7.38. The zero-order valence-corrected chi connectivity index (χ0v) is 20.5. The van der Waals surface area contributed by atoms with E-state index >= 15 is 0 Å². The quantitative estimate of drug-likeness (QED) is 0.317. The lowest BCUT2D eigenvalue weighted by Gasteiger charge is -2.34. The molecule has 0 saturated carbocycles. The van der Waals surface area contributed by atoms with Gasteiger partial charge in [-0.15, -0.1) is 24.0 Å². The Bertz CT molecular complexity index is 629. The van der Waals surface area contributed by atoms with Gasteiger partial charge in [0.2, 0.25) is 0 Å². The number of likely N-dealkylation sites (N-methyl/N-ethyl adjacent to an activating group) is 2. The van der Waals surface area contributed by atoms with Crippen molar-refractivity contribution in [1.82, 2.24) is 20.0 Å². The van der Waals surface area contributed by atoms with Crippen LogP contribution in [0.2, 0.25) is 0 Å². The van der Waals surface area contributed by atoms with Crippen molar-refractivity contribution in [1.29, 1.82) is 0 Å². The molecule has 7 heteroatoms. The minimum absolute atomic E-state index is 0. The van der Waals surface area contributed by atoms with E-state index in [1.54, 1.807) is 0 Å². The van der Waals surface area contributed by atoms with Gasteiger partial charge in [0.1, 0.15) is 0 Å². The van der Waals surface area contributed by atoms with Gasteiger partial charge in [-0.1, -0.05) is 38.1 Å².